The van der Waals surface area contributed by atoms with E-state index in [0.717, 1.165) is 22.3 Å². The average molecular weight is 462 g/mol. The zero-order valence-corrected chi connectivity index (χ0v) is 17.8. The Hall–Kier alpha value is -4.08. The van der Waals surface area contributed by atoms with E-state index < -0.39 is 0 Å². The second kappa shape index (κ2) is 10.7. The quantitative estimate of drug-likeness (QED) is 0.175. The highest BCUT2D eigenvalue weighted by molar-refractivity contribution is 5.48. The highest BCUT2D eigenvalue weighted by atomic mass is 17.1. The lowest BCUT2D eigenvalue weighted by Gasteiger charge is -2.29. The van der Waals surface area contributed by atoms with Crippen LogP contribution in [0.2, 0.25) is 0 Å². The molecule has 0 saturated heterocycles. The van der Waals surface area contributed by atoms with Gasteiger partial charge in [-0.2, -0.15) is 0 Å². The van der Waals surface area contributed by atoms with Gasteiger partial charge < -0.3 is 19.6 Å². The Morgan fingerprint density at radius 2 is 0.500 bits per heavy atom. The normalized spacial score (nSPS) is 10.9. The van der Waals surface area contributed by atoms with E-state index >= 15 is 0 Å². The number of benzene rings is 4. The van der Waals surface area contributed by atoms with E-state index in [-0.39, 0.29) is 11.8 Å². The summed E-state index contributed by atoms with van der Waals surface area (Å²) in [5, 5.41) is 36.0. The molecule has 0 heterocycles. The van der Waals surface area contributed by atoms with Gasteiger partial charge in [0.2, 0.25) is 0 Å². The van der Waals surface area contributed by atoms with Crippen LogP contribution in [0, 0.1) is 0 Å². The van der Waals surface area contributed by atoms with Gasteiger partial charge >= 0.3 is 0 Å². The SMILES string of the molecule is OOc1ccc(C(c2ccc(OO)cc2)C(c2ccc(OO)cc2)c2ccc(OO)cc2)cc1. The van der Waals surface area contributed by atoms with Gasteiger partial charge in [-0.25, -0.2) is 21.0 Å². The summed E-state index contributed by atoms with van der Waals surface area (Å²) < 4.78 is 0. The minimum Gasteiger partial charge on any atom is -0.340 e. The van der Waals surface area contributed by atoms with Crippen LogP contribution in [0.3, 0.4) is 0 Å². The molecule has 0 atom stereocenters. The fourth-order valence-electron chi connectivity index (χ4n) is 4.10. The van der Waals surface area contributed by atoms with Crippen LogP contribution in [0.4, 0.5) is 0 Å². The molecule has 0 fully saturated rings. The van der Waals surface area contributed by atoms with Crippen molar-refractivity contribution in [2.45, 2.75) is 11.8 Å². The maximum atomic E-state index is 9.00. The van der Waals surface area contributed by atoms with Gasteiger partial charge in [-0.15, -0.1) is 0 Å². The fourth-order valence-corrected chi connectivity index (χ4v) is 4.10. The minimum atomic E-state index is -0.234. The molecule has 4 aromatic rings. The summed E-state index contributed by atoms with van der Waals surface area (Å²) in [5.41, 5.74) is 3.70. The van der Waals surface area contributed by atoms with Crippen molar-refractivity contribution >= 4 is 0 Å². The zero-order valence-electron chi connectivity index (χ0n) is 17.8. The first-order valence-electron chi connectivity index (χ1n) is 10.3. The van der Waals surface area contributed by atoms with Crippen molar-refractivity contribution in [3.8, 4) is 23.0 Å². The van der Waals surface area contributed by atoms with Gasteiger partial charge in [0.15, 0.2) is 23.0 Å². The van der Waals surface area contributed by atoms with Gasteiger partial charge in [-0.05, 0) is 70.8 Å². The second-order valence-electron chi connectivity index (χ2n) is 7.60. The summed E-state index contributed by atoms with van der Waals surface area (Å²) in [7, 11) is 0. The standard InChI is InChI=1S/C26H22O8/c27-31-21-9-1-17(2-10-21)25(18-3-11-22(32-28)12-4-18)26(19-5-13-23(33-29)14-6-19)20-7-15-24(34-30)16-8-20/h1-16,25-30H. The van der Waals surface area contributed by atoms with Crippen molar-refractivity contribution < 1.29 is 40.6 Å². The van der Waals surface area contributed by atoms with Gasteiger partial charge in [0.1, 0.15) is 0 Å². The highest BCUT2D eigenvalue weighted by Crippen LogP contribution is 2.44. The second-order valence-corrected chi connectivity index (χ2v) is 7.60. The lowest BCUT2D eigenvalue weighted by atomic mass is 9.73. The van der Waals surface area contributed by atoms with Gasteiger partial charge in [0, 0.05) is 11.8 Å². The molecule has 0 bridgehead atoms. The summed E-state index contributed by atoms with van der Waals surface area (Å²) in [5.74, 6) is 0.743. The molecule has 0 spiro atoms. The van der Waals surface area contributed by atoms with Crippen LogP contribution in [-0.2, 0) is 0 Å². The maximum absolute atomic E-state index is 9.00. The summed E-state index contributed by atoms with van der Waals surface area (Å²) in [4.78, 5) is 17.4. The van der Waals surface area contributed by atoms with Crippen molar-refractivity contribution in [2.75, 3.05) is 0 Å². The predicted molar refractivity (Wildman–Crippen MR) is 122 cm³/mol. The molecule has 0 amide bonds. The predicted octanol–water partition coefficient (Wildman–Crippen LogP) is 6.06. The molecule has 0 unspecified atom stereocenters. The van der Waals surface area contributed by atoms with Crippen molar-refractivity contribution in [3.63, 3.8) is 0 Å². The van der Waals surface area contributed by atoms with Crippen molar-refractivity contribution in [1.82, 2.24) is 0 Å². The smallest absolute Gasteiger partial charge is 0.165 e. The van der Waals surface area contributed by atoms with Crippen LogP contribution >= 0.6 is 0 Å². The van der Waals surface area contributed by atoms with Crippen LogP contribution in [0.25, 0.3) is 0 Å². The molecule has 34 heavy (non-hydrogen) atoms. The molecule has 8 heteroatoms. The number of hydrogen-bond donors (Lipinski definition) is 4. The van der Waals surface area contributed by atoms with Gasteiger partial charge in [-0.3, -0.25) is 0 Å². The van der Waals surface area contributed by atoms with Crippen LogP contribution in [0.5, 0.6) is 23.0 Å². The largest absolute Gasteiger partial charge is 0.340 e. The molecule has 4 rings (SSSR count). The lowest BCUT2D eigenvalue weighted by molar-refractivity contribution is -0.137. The molecular weight excluding hydrogens is 440 g/mol. The van der Waals surface area contributed by atoms with Gasteiger partial charge in [-0.1, -0.05) is 48.5 Å². The zero-order chi connectivity index (χ0) is 23.9. The topological polar surface area (TPSA) is 118 Å². The summed E-state index contributed by atoms with van der Waals surface area (Å²) in [6.07, 6.45) is 0. The summed E-state index contributed by atoms with van der Waals surface area (Å²) >= 11 is 0. The number of hydrogen-bond acceptors (Lipinski definition) is 8. The first-order chi connectivity index (χ1) is 16.7. The maximum Gasteiger partial charge on any atom is 0.165 e. The monoisotopic (exact) mass is 462 g/mol. The molecule has 174 valence electrons. The third kappa shape index (κ3) is 4.95. The van der Waals surface area contributed by atoms with E-state index in [1.54, 1.807) is 48.5 Å². The third-order valence-corrected chi connectivity index (χ3v) is 5.71. The summed E-state index contributed by atoms with van der Waals surface area (Å²) in [6.45, 7) is 0. The minimum absolute atomic E-state index is 0.234. The number of rotatable bonds is 9. The molecule has 0 aliphatic rings. The lowest BCUT2D eigenvalue weighted by Crippen LogP contribution is -2.15. The van der Waals surface area contributed by atoms with E-state index in [9.17, 15) is 0 Å². The van der Waals surface area contributed by atoms with E-state index in [0.29, 0.717) is 23.0 Å². The molecule has 0 aromatic heterocycles. The van der Waals surface area contributed by atoms with Crippen LogP contribution in [-0.4, -0.2) is 21.0 Å². The Morgan fingerprint density at radius 1 is 0.324 bits per heavy atom. The van der Waals surface area contributed by atoms with E-state index in [1.807, 2.05) is 48.5 Å². The average Bonchev–Trinajstić information content (AvgIpc) is 2.92. The first kappa shape index (κ1) is 23.1. The van der Waals surface area contributed by atoms with Gasteiger partial charge in [0.05, 0.1) is 0 Å². The molecule has 0 radical (unpaired) electrons. The van der Waals surface area contributed by atoms with Crippen molar-refractivity contribution in [1.29, 1.82) is 0 Å². The Labute approximate surface area is 195 Å². The van der Waals surface area contributed by atoms with Gasteiger partial charge in [0.25, 0.3) is 0 Å². The van der Waals surface area contributed by atoms with E-state index in [1.165, 1.54) is 0 Å². The molecule has 8 nitrogen and oxygen atoms in total. The van der Waals surface area contributed by atoms with Crippen LogP contribution in [0.1, 0.15) is 34.1 Å². The Kier molecular flexibility index (Phi) is 7.26. The highest BCUT2D eigenvalue weighted by Gasteiger charge is 2.29. The van der Waals surface area contributed by atoms with E-state index in [2.05, 4.69) is 19.6 Å². The van der Waals surface area contributed by atoms with Crippen LogP contribution < -0.4 is 19.6 Å². The third-order valence-electron chi connectivity index (χ3n) is 5.71. The molecule has 0 saturated carbocycles. The fraction of sp³-hybridized carbons (Fsp3) is 0.0769. The molecule has 4 aromatic carbocycles. The van der Waals surface area contributed by atoms with E-state index in [4.69, 9.17) is 21.0 Å². The molecule has 4 N–H and O–H groups in total. The molecule has 0 aliphatic carbocycles. The first-order valence-corrected chi connectivity index (χ1v) is 10.3. The Bertz CT molecular complexity index is 982. The molecule has 0 aliphatic heterocycles. The van der Waals surface area contributed by atoms with Crippen molar-refractivity contribution in [2.24, 2.45) is 0 Å². The Morgan fingerprint density at radius 3 is 0.647 bits per heavy atom. The molecular formula is C26H22O8. The summed E-state index contributed by atoms with van der Waals surface area (Å²) in [6, 6.07) is 28.2. The Balaban J connectivity index is 1.90. The van der Waals surface area contributed by atoms with Crippen molar-refractivity contribution in [3.05, 3.63) is 119 Å². The van der Waals surface area contributed by atoms with Crippen LogP contribution in [0.15, 0.2) is 97.1 Å².